The number of nitrogens with one attached hydrogen (secondary N) is 1. The highest BCUT2D eigenvalue weighted by Gasteiger charge is 2.14. The van der Waals surface area contributed by atoms with Crippen molar-refractivity contribution in [2.75, 3.05) is 33.2 Å². The summed E-state index contributed by atoms with van der Waals surface area (Å²) < 4.78 is 0. The van der Waals surface area contributed by atoms with Crippen molar-refractivity contribution in [2.24, 2.45) is 5.92 Å². The molecule has 0 radical (unpaired) electrons. The number of nitrogens with zero attached hydrogens (tertiary/aromatic N) is 1. The monoisotopic (exact) mass is 224 g/mol. The lowest BCUT2D eigenvalue weighted by atomic mass is 9.99. The Morgan fingerprint density at radius 1 is 1.38 bits per heavy atom. The van der Waals surface area contributed by atoms with Crippen molar-refractivity contribution in [2.45, 2.75) is 38.5 Å². The summed E-state index contributed by atoms with van der Waals surface area (Å²) in [6.07, 6.45) is 9.96. The Kier molecular flexibility index (Phi) is 7.52. The summed E-state index contributed by atoms with van der Waals surface area (Å²) in [5, 5.41) is 3.49. The zero-order valence-electron chi connectivity index (χ0n) is 10.9. The van der Waals surface area contributed by atoms with E-state index in [9.17, 15) is 0 Å². The number of hydrogen-bond acceptors (Lipinski definition) is 2. The lowest BCUT2D eigenvalue weighted by molar-refractivity contribution is 0.239. The fraction of sp³-hybridized carbons (Fsp3) is 0.857. The van der Waals surface area contributed by atoms with Crippen LogP contribution in [-0.4, -0.2) is 38.1 Å². The molecule has 1 rings (SSSR count). The second-order valence-electron chi connectivity index (χ2n) is 5.11. The SMILES string of the molecule is C=CCCCCCN(C)CC1CCCNC1. The second kappa shape index (κ2) is 8.77. The molecule has 1 unspecified atom stereocenters. The Balaban J connectivity index is 1.96. The van der Waals surface area contributed by atoms with Gasteiger partial charge in [0.2, 0.25) is 0 Å². The second-order valence-corrected chi connectivity index (χ2v) is 5.11. The Morgan fingerprint density at radius 3 is 2.94 bits per heavy atom. The van der Waals surface area contributed by atoms with Gasteiger partial charge >= 0.3 is 0 Å². The number of hydrogen-bond donors (Lipinski definition) is 1. The number of allylic oxidation sites excluding steroid dienone is 1. The lowest BCUT2D eigenvalue weighted by Gasteiger charge is -2.27. The van der Waals surface area contributed by atoms with Crippen LogP contribution in [0, 0.1) is 5.92 Å². The van der Waals surface area contributed by atoms with Gasteiger partial charge in [0, 0.05) is 6.54 Å². The summed E-state index contributed by atoms with van der Waals surface area (Å²) in [5.41, 5.74) is 0. The normalized spacial score (nSPS) is 21.2. The molecule has 94 valence electrons. The third-order valence-electron chi connectivity index (χ3n) is 3.42. The van der Waals surface area contributed by atoms with E-state index in [0.29, 0.717) is 0 Å². The van der Waals surface area contributed by atoms with E-state index in [2.05, 4.69) is 23.8 Å². The van der Waals surface area contributed by atoms with Gasteiger partial charge in [-0.05, 0) is 64.7 Å². The van der Waals surface area contributed by atoms with Gasteiger partial charge in [-0.3, -0.25) is 0 Å². The van der Waals surface area contributed by atoms with Crippen molar-refractivity contribution < 1.29 is 0 Å². The van der Waals surface area contributed by atoms with E-state index in [1.807, 2.05) is 6.08 Å². The molecule has 1 atom stereocenters. The number of unbranched alkanes of at least 4 members (excludes halogenated alkanes) is 3. The standard InChI is InChI=1S/C14H28N2/c1-3-4-5-6-7-11-16(2)13-14-9-8-10-15-12-14/h3,14-15H,1,4-13H2,2H3. The van der Waals surface area contributed by atoms with Gasteiger partial charge < -0.3 is 10.2 Å². The maximum Gasteiger partial charge on any atom is 0.00187 e. The largest absolute Gasteiger partial charge is 0.316 e. The average Bonchev–Trinajstić information content (AvgIpc) is 2.30. The first-order chi connectivity index (χ1) is 7.83. The van der Waals surface area contributed by atoms with Crippen LogP contribution in [0.4, 0.5) is 0 Å². The fourth-order valence-electron chi connectivity index (χ4n) is 2.46. The summed E-state index contributed by atoms with van der Waals surface area (Å²) in [7, 11) is 2.27. The van der Waals surface area contributed by atoms with Gasteiger partial charge in [-0.15, -0.1) is 6.58 Å². The quantitative estimate of drug-likeness (QED) is 0.504. The molecule has 2 nitrogen and oxygen atoms in total. The lowest BCUT2D eigenvalue weighted by Crippen LogP contribution is -2.37. The van der Waals surface area contributed by atoms with Crippen LogP contribution in [0.3, 0.4) is 0 Å². The van der Waals surface area contributed by atoms with Crippen LogP contribution in [0.2, 0.25) is 0 Å². The first-order valence-corrected chi connectivity index (χ1v) is 6.83. The molecule has 1 saturated heterocycles. The smallest absolute Gasteiger partial charge is 0.00187 e. The predicted molar refractivity (Wildman–Crippen MR) is 71.8 cm³/mol. The van der Waals surface area contributed by atoms with Crippen molar-refractivity contribution in [1.29, 1.82) is 0 Å². The highest BCUT2D eigenvalue weighted by molar-refractivity contribution is 4.72. The van der Waals surface area contributed by atoms with E-state index < -0.39 is 0 Å². The molecule has 1 fully saturated rings. The van der Waals surface area contributed by atoms with Crippen molar-refractivity contribution in [3.05, 3.63) is 12.7 Å². The van der Waals surface area contributed by atoms with Gasteiger partial charge in [0.15, 0.2) is 0 Å². The fourth-order valence-corrected chi connectivity index (χ4v) is 2.46. The predicted octanol–water partition coefficient (Wildman–Crippen LogP) is 2.66. The van der Waals surface area contributed by atoms with Crippen LogP contribution in [0.1, 0.15) is 38.5 Å². The van der Waals surface area contributed by atoms with E-state index in [1.165, 1.54) is 64.7 Å². The molecular weight excluding hydrogens is 196 g/mol. The first-order valence-electron chi connectivity index (χ1n) is 6.83. The zero-order valence-corrected chi connectivity index (χ0v) is 10.9. The molecule has 1 heterocycles. The molecule has 2 heteroatoms. The molecular formula is C14H28N2. The Bertz CT molecular complexity index is 174. The molecule has 0 aromatic heterocycles. The van der Waals surface area contributed by atoms with Crippen LogP contribution >= 0.6 is 0 Å². The highest BCUT2D eigenvalue weighted by Crippen LogP contribution is 2.11. The average molecular weight is 224 g/mol. The summed E-state index contributed by atoms with van der Waals surface area (Å²) in [6.45, 7) is 8.73. The molecule has 0 spiro atoms. The molecule has 0 amide bonds. The molecule has 0 aliphatic carbocycles. The molecule has 0 aromatic carbocycles. The van der Waals surface area contributed by atoms with Gasteiger partial charge in [0.1, 0.15) is 0 Å². The Labute approximate surface area is 101 Å². The van der Waals surface area contributed by atoms with Crippen molar-refractivity contribution in [1.82, 2.24) is 10.2 Å². The van der Waals surface area contributed by atoms with E-state index in [4.69, 9.17) is 0 Å². The maximum absolute atomic E-state index is 3.75. The van der Waals surface area contributed by atoms with Crippen molar-refractivity contribution >= 4 is 0 Å². The molecule has 0 aromatic rings. The van der Waals surface area contributed by atoms with Crippen LogP contribution in [0.15, 0.2) is 12.7 Å². The summed E-state index contributed by atoms with van der Waals surface area (Å²) in [6, 6.07) is 0. The molecule has 1 N–H and O–H groups in total. The maximum atomic E-state index is 3.75. The summed E-state index contributed by atoms with van der Waals surface area (Å²) in [4.78, 5) is 2.51. The molecule has 16 heavy (non-hydrogen) atoms. The topological polar surface area (TPSA) is 15.3 Å². The van der Waals surface area contributed by atoms with E-state index in [1.54, 1.807) is 0 Å². The van der Waals surface area contributed by atoms with Crippen LogP contribution in [-0.2, 0) is 0 Å². The number of piperidine rings is 1. The first kappa shape index (κ1) is 13.7. The van der Waals surface area contributed by atoms with E-state index in [-0.39, 0.29) is 0 Å². The molecule has 0 saturated carbocycles. The summed E-state index contributed by atoms with van der Waals surface area (Å²) >= 11 is 0. The molecule has 1 aliphatic heterocycles. The Morgan fingerprint density at radius 2 is 2.25 bits per heavy atom. The van der Waals surface area contributed by atoms with Gasteiger partial charge in [-0.1, -0.05) is 12.5 Å². The highest BCUT2D eigenvalue weighted by atomic mass is 15.1. The molecule has 1 aliphatic rings. The van der Waals surface area contributed by atoms with E-state index >= 15 is 0 Å². The summed E-state index contributed by atoms with van der Waals surface area (Å²) in [5.74, 6) is 0.881. The zero-order chi connectivity index (χ0) is 11.6. The van der Waals surface area contributed by atoms with Gasteiger partial charge in [-0.2, -0.15) is 0 Å². The Hall–Kier alpha value is -0.340. The third-order valence-corrected chi connectivity index (χ3v) is 3.42. The van der Waals surface area contributed by atoms with Gasteiger partial charge in [0.05, 0.1) is 0 Å². The van der Waals surface area contributed by atoms with E-state index in [0.717, 1.165) is 5.92 Å². The van der Waals surface area contributed by atoms with Gasteiger partial charge in [0.25, 0.3) is 0 Å². The van der Waals surface area contributed by atoms with Crippen LogP contribution < -0.4 is 5.32 Å². The minimum Gasteiger partial charge on any atom is -0.316 e. The number of rotatable bonds is 8. The minimum absolute atomic E-state index is 0.881. The van der Waals surface area contributed by atoms with Gasteiger partial charge in [-0.25, -0.2) is 0 Å². The third kappa shape index (κ3) is 6.29. The van der Waals surface area contributed by atoms with Crippen molar-refractivity contribution in [3.8, 4) is 0 Å². The molecule has 0 bridgehead atoms. The van der Waals surface area contributed by atoms with Crippen LogP contribution in [0.25, 0.3) is 0 Å². The van der Waals surface area contributed by atoms with Crippen LogP contribution in [0.5, 0.6) is 0 Å². The van der Waals surface area contributed by atoms with Crippen molar-refractivity contribution in [3.63, 3.8) is 0 Å². The minimum atomic E-state index is 0.881.